The number of aliphatic hydroxyl groups is 1. The van der Waals surface area contributed by atoms with Crippen LogP contribution in [0.1, 0.15) is 17.5 Å². The summed E-state index contributed by atoms with van der Waals surface area (Å²) in [5.74, 6) is 0.807. The molecule has 25 heavy (non-hydrogen) atoms. The highest BCUT2D eigenvalue weighted by Crippen LogP contribution is 2.40. The highest BCUT2D eigenvalue weighted by molar-refractivity contribution is 6.01. The van der Waals surface area contributed by atoms with Crippen LogP contribution in [0.4, 0.5) is 0 Å². The standard InChI is InChI=1S/C21H21NO3/c1-25-18-11-10-17-20(19(18)14-6-3-2-4-7-14)15-8-5-9-16(15)21(24)22(17)12-13-23/h2-4,6-7,10-11,23H,5,8-9,12-13H2,1H3. The Balaban J connectivity index is 2.19. The summed E-state index contributed by atoms with van der Waals surface area (Å²) in [5, 5.41) is 10.5. The molecule has 4 heteroatoms. The zero-order valence-corrected chi connectivity index (χ0v) is 14.3. The summed E-state index contributed by atoms with van der Waals surface area (Å²) < 4.78 is 7.37. The smallest absolute Gasteiger partial charge is 0.254 e. The van der Waals surface area contributed by atoms with E-state index in [9.17, 15) is 9.90 Å². The molecule has 0 unspecified atom stereocenters. The number of aromatic nitrogens is 1. The van der Waals surface area contributed by atoms with E-state index in [2.05, 4.69) is 12.1 Å². The molecule has 0 fully saturated rings. The fourth-order valence-corrected chi connectivity index (χ4v) is 4.01. The molecule has 1 heterocycles. The number of nitrogens with zero attached hydrogens (tertiary/aromatic N) is 1. The van der Waals surface area contributed by atoms with Crippen LogP contribution in [0.2, 0.25) is 0 Å². The van der Waals surface area contributed by atoms with E-state index in [0.29, 0.717) is 6.54 Å². The Labute approximate surface area is 146 Å². The van der Waals surface area contributed by atoms with E-state index in [1.54, 1.807) is 11.7 Å². The van der Waals surface area contributed by atoms with Crippen molar-refractivity contribution in [1.82, 2.24) is 4.57 Å². The van der Waals surface area contributed by atoms with Crippen LogP contribution in [-0.2, 0) is 19.4 Å². The first-order valence-corrected chi connectivity index (χ1v) is 8.67. The van der Waals surface area contributed by atoms with Crippen molar-refractivity contribution in [3.63, 3.8) is 0 Å². The minimum Gasteiger partial charge on any atom is -0.496 e. The maximum atomic E-state index is 12.9. The number of hydrogen-bond acceptors (Lipinski definition) is 3. The third-order valence-corrected chi connectivity index (χ3v) is 5.06. The van der Waals surface area contributed by atoms with Crippen LogP contribution in [0.5, 0.6) is 5.75 Å². The molecule has 2 aromatic carbocycles. The van der Waals surface area contributed by atoms with Crippen LogP contribution in [-0.4, -0.2) is 23.4 Å². The van der Waals surface area contributed by atoms with Crippen molar-refractivity contribution < 1.29 is 9.84 Å². The summed E-state index contributed by atoms with van der Waals surface area (Å²) in [5.41, 5.74) is 5.06. The lowest BCUT2D eigenvalue weighted by Gasteiger charge is -2.19. The van der Waals surface area contributed by atoms with Crippen LogP contribution in [0.25, 0.3) is 22.0 Å². The normalized spacial score (nSPS) is 13.2. The van der Waals surface area contributed by atoms with E-state index in [4.69, 9.17) is 4.74 Å². The van der Waals surface area contributed by atoms with Gasteiger partial charge in [0.05, 0.1) is 19.2 Å². The number of fused-ring (bicyclic) bond motifs is 3. The molecule has 1 aliphatic rings. The molecule has 0 saturated carbocycles. The number of hydrogen-bond donors (Lipinski definition) is 1. The van der Waals surface area contributed by atoms with Crippen molar-refractivity contribution >= 4 is 10.9 Å². The van der Waals surface area contributed by atoms with Gasteiger partial charge in [-0.3, -0.25) is 4.79 Å². The lowest BCUT2D eigenvalue weighted by atomic mass is 9.94. The van der Waals surface area contributed by atoms with Gasteiger partial charge in [-0.2, -0.15) is 0 Å². The zero-order valence-electron chi connectivity index (χ0n) is 14.3. The summed E-state index contributed by atoms with van der Waals surface area (Å²) in [6, 6.07) is 14.0. The Morgan fingerprint density at radius 2 is 1.84 bits per heavy atom. The number of ether oxygens (including phenoxy) is 1. The van der Waals surface area contributed by atoms with Crippen molar-refractivity contribution in [2.24, 2.45) is 0 Å². The highest BCUT2D eigenvalue weighted by atomic mass is 16.5. The molecule has 4 nitrogen and oxygen atoms in total. The number of aliphatic hydroxyl groups excluding tert-OH is 1. The first kappa shape index (κ1) is 15.9. The summed E-state index contributed by atoms with van der Waals surface area (Å²) in [7, 11) is 1.68. The Morgan fingerprint density at radius 1 is 1.08 bits per heavy atom. The van der Waals surface area contributed by atoms with E-state index < -0.39 is 0 Å². The summed E-state index contributed by atoms with van der Waals surface area (Å²) >= 11 is 0. The van der Waals surface area contributed by atoms with Gasteiger partial charge in [-0.15, -0.1) is 0 Å². The highest BCUT2D eigenvalue weighted by Gasteiger charge is 2.24. The minimum atomic E-state index is -0.0551. The van der Waals surface area contributed by atoms with Crippen LogP contribution in [0.15, 0.2) is 47.3 Å². The van der Waals surface area contributed by atoms with Crippen molar-refractivity contribution in [2.75, 3.05) is 13.7 Å². The Hall–Kier alpha value is -2.59. The first-order valence-electron chi connectivity index (χ1n) is 8.67. The molecule has 0 aliphatic heterocycles. The second kappa shape index (κ2) is 6.37. The molecule has 0 bridgehead atoms. The van der Waals surface area contributed by atoms with E-state index in [1.165, 1.54) is 0 Å². The Morgan fingerprint density at radius 3 is 2.56 bits per heavy atom. The number of rotatable bonds is 4. The second-order valence-corrected chi connectivity index (χ2v) is 6.39. The lowest BCUT2D eigenvalue weighted by Crippen LogP contribution is -2.26. The summed E-state index contributed by atoms with van der Waals surface area (Å²) in [4.78, 5) is 12.9. The van der Waals surface area contributed by atoms with Gasteiger partial charge in [0.2, 0.25) is 0 Å². The van der Waals surface area contributed by atoms with E-state index in [1.807, 2.05) is 30.3 Å². The fraction of sp³-hybridized carbons (Fsp3) is 0.286. The van der Waals surface area contributed by atoms with Crippen LogP contribution < -0.4 is 10.3 Å². The van der Waals surface area contributed by atoms with Crippen LogP contribution in [0, 0.1) is 0 Å². The number of benzene rings is 2. The van der Waals surface area contributed by atoms with Gasteiger partial charge in [0.15, 0.2) is 0 Å². The van der Waals surface area contributed by atoms with E-state index >= 15 is 0 Å². The number of methoxy groups -OCH3 is 1. The van der Waals surface area contributed by atoms with E-state index in [-0.39, 0.29) is 12.2 Å². The predicted octanol–water partition coefficient (Wildman–Crippen LogP) is 3.16. The summed E-state index contributed by atoms with van der Waals surface area (Å²) in [6.45, 7) is 0.254. The van der Waals surface area contributed by atoms with Gasteiger partial charge in [0, 0.05) is 23.1 Å². The monoisotopic (exact) mass is 335 g/mol. The molecule has 1 aliphatic carbocycles. The molecule has 1 N–H and O–H groups in total. The largest absolute Gasteiger partial charge is 0.496 e. The topological polar surface area (TPSA) is 51.5 Å². The number of aryl methyl sites for hydroxylation is 1. The van der Waals surface area contributed by atoms with E-state index in [0.717, 1.165) is 58.2 Å². The van der Waals surface area contributed by atoms with Gasteiger partial charge in [0.25, 0.3) is 5.56 Å². The third-order valence-electron chi connectivity index (χ3n) is 5.06. The minimum absolute atomic E-state index is 0.0400. The fourth-order valence-electron chi connectivity index (χ4n) is 4.01. The van der Waals surface area contributed by atoms with Gasteiger partial charge in [-0.1, -0.05) is 30.3 Å². The van der Waals surface area contributed by atoms with Gasteiger partial charge in [-0.25, -0.2) is 0 Å². The maximum Gasteiger partial charge on any atom is 0.254 e. The van der Waals surface area contributed by atoms with Gasteiger partial charge in [0.1, 0.15) is 5.75 Å². The third kappa shape index (κ3) is 2.45. The average Bonchev–Trinajstić information content (AvgIpc) is 3.15. The molecule has 4 rings (SSSR count). The molecule has 0 spiro atoms. The lowest BCUT2D eigenvalue weighted by molar-refractivity contribution is 0.276. The molecule has 1 aromatic heterocycles. The molecule has 128 valence electrons. The SMILES string of the molecule is COc1ccc2c(c3c(c(=O)n2CCO)CCC3)c1-c1ccccc1. The van der Waals surface area contributed by atoms with Gasteiger partial charge < -0.3 is 14.4 Å². The zero-order chi connectivity index (χ0) is 17.4. The van der Waals surface area contributed by atoms with Crippen molar-refractivity contribution in [2.45, 2.75) is 25.8 Å². The second-order valence-electron chi connectivity index (χ2n) is 6.39. The molecule has 0 saturated heterocycles. The maximum absolute atomic E-state index is 12.9. The van der Waals surface area contributed by atoms with Crippen molar-refractivity contribution in [3.05, 3.63) is 63.9 Å². The summed E-state index contributed by atoms with van der Waals surface area (Å²) in [6.07, 6.45) is 2.71. The average molecular weight is 335 g/mol. The van der Waals surface area contributed by atoms with Crippen LogP contribution >= 0.6 is 0 Å². The predicted molar refractivity (Wildman–Crippen MR) is 99.3 cm³/mol. The first-order chi connectivity index (χ1) is 12.3. The Kier molecular flexibility index (Phi) is 4.06. The quantitative estimate of drug-likeness (QED) is 0.797. The van der Waals surface area contributed by atoms with Crippen molar-refractivity contribution in [3.8, 4) is 16.9 Å². The van der Waals surface area contributed by atoms with Gasteiger partial charge >= 0.3 is 0 Å². The Bertz CT molecular complexity index is 990. The molecule has 0 atom stereocenters. The molecular formula is C21H21NO3. The molecule has 0 amide bonds. The number of pyridine rings is 1. The molecular weight excluding hydrogens is 314 g/mol. The van der Waals surface area contributed by atoms with Gasteiger partial charge in [-0.05, 0) is 42.5 Å². The van der Waals surface area contributed by atoms with Crippen LogP contribution in [0.3, 0.4) is 0 Å². The molecule has 0 radical (unpaired) electrons. The van der Waals surface area contributed by atoms with Crippen molar-refractivity contribution in [1.29, 1.82) is 0 Å². The molecule has 3 aromatic rings.